The van der Waals surface area contributed by atoms with Gasteiger partial charge in [-0.05, 0) is 49.7 Å². The van der Waals surface area contributed by atoms with E-state index in [4.69, 9.17) is 11.6 Å². The fourth-order valence-corrected chi connectivity index (χ4v) is 5.34. The average molecular weight is 532 g/mol. The highest BCUT2D eigenvalue weighted by atomic mass is 35.5. The van der Waals surface area contributed by atoms with Crippen LogP contribution in [0.15, 0.2) is 77.7 Å². The number of carbonyl (C=O) groups excluding carboxylic acids is 2. The highest BCUT2D eigenvalue weighted by molar-refractivity contribution is 7.92. The third-order valence-electron chi connectivity index (χ3n) is 5.76. The maximum absolute atomic E-state index is 14.4. The summed E-state index contributed by atoms with van der Waals surface area (Å²) in [6, 6.07) is 17.3. The maximum atomic E-state index is 14.4. The SMILES string of the molecule is CNC(=O)C(C)N(Cc1ccccc1F)C(=O)CN(c1cc(Cl)ccc1C)S(=O)(=O)c1ccccc1. The first kappa shape index (κ1) is 27.2. The lowest BCUT2D eigenvalue weighted by atomic mass is 10.1. The number of nitrogens with zero attached hydrogens (tertiary/aromatic N) is 2. The van der Waals surface area contributed by atoms with Crippen molar-refractivity contribution in [3.8, 4) is 0 Å². The molecule has 2 amide bonds. The molecule has 0 spiro atoms. The van der Waals surface area contributed by atoms with Crippen LogP contribution in [-0.4, -0.2) is 44.8 Å². The molecular formula is C26H27ClFN3O4S. The first-order valence-corrected chi connectivity index (χ1v) is 13.0. The molecule has 0 radical (unpaired) electrons. The van der Waals surface area contributed by atoms with Crippen molar-refractivity contribution in [2.45, 2.75) is 31.3 Å². The molecule has 36 heavy (non-hydrogen) atoms. The van der Waals surface area contributed by atoms with E-state index in [1.54, 1.807) is 43.3 Å². The van der Waals surface area contributed by atoms with Crippen molar-refractivity contribution < 1.29 is 22.4 Å². The molecule has 0 aliphatic heterocycles. The normalized spacial score (nSPS) is 12.0. The number of likely N-dealkylation sites (N-methyl/N-ethyl adjacent to an activating group) is 1. The van der Waals surface area contributed by atoms with Crippen LogP contribution in [0, 0.1) is 12.7 Å². The molecule has 1 atom stereocenters. The van der Waals surface area contributed by atoms with Crippen molar-refractivity contribution in [3.05, 3.63) is 94.8 Å². The number of anilines is 1. The fourth-order valence-electron chi connectivity index (χ4n) is 3.69. The predicted molar refractivity (Wildman–Crippen MR) is 138 cm³/mol. The lowest BCUT2D eigenvalue weighted by Crippen LogP contribution is -2.51. The summed E-state index contributed by atoms with van der Waals surface area (Å²) in [7, 11) is -2.78. The van der Waals surface area contributed by atoms with Crippen LogP contribution in [0.2, 0.25) is 5.02 Å². The number of hydrogen-bond donors (Lipinski definition) is 1. The summed E-state index contributed by atoms with van der Waals surface area (Å²) in [4.78, 5) is 27.3. The molecule has 3 aromatic carbocycles. The summed E-state index contributed by atoms with van der Waals surface area (Å²) in [6.07, 6.45) is 0. The van der Waals surface area contributed by atoms with Gasteiger partial charge in [0.25, 0.3) is 10.0 Å². The summed E-state index contributed by atoms with van der Waals surface area (Å²) in [5.74, 6) is -1.71. The Morgan fingerprint density at radius 3 is 2.31 bits per heavy atom. The first-order valence-electron chi connectivity index (χ1n) is 11.1. The van der Waals surface area contributed by atoms with E-state index < -0.39 is 40.2 Å². The Morgan fingerprint density at radius 1 is 1.03 bits per heavy atom. The van der Waals surface area contributed by atoms with Crippen LogP contribution in [0.25, 0.3) is 0 Å². The Morgan fingerprint density at radius 2 is 1.67 bits per heavy atom. The van der Waals surface area contributed by atoms with Crippen molar-refractivity contribution in [3.63, 3.8) is 0 Å². The standard InChI is InChI=1S/C26H27ClFN3O4S/c1-18-13-14-21(27)15-24(18)31(36(34,35)22-10-5-4-6-11-22)17-25(32)30(19(2)26(33)29-3)16-20-9-7-8-12-23(20)28/h4-15,19H,16-17H2,1-3H3,(H,29,33). The molecule has 3 aromatic rings. The van der Waals surface area contributed by atoms with Crippen molar-refractivity contribution in [1.29, 1.82) is 0 Å². The van der Waals surface area contributed by atoms with E-state index >= 15 is 0 Å². The van der Waals surface area contributed by atoms with Crippen molar-refractivity contribution in [2.24, 2.45) is 0 Å². The number of aryl methyl sites for hydroxylation is 1. The van der Waals surface area contributed by atoms with E-state index in [1.807, 2.05) is 0 Å². The van der Waals surface area contributed by atoms with E-state index in [2.05, 4.69) is 5.32 Å². The van der Waals surface area contributed by atoms with Crippen molar-refractivity contribution in [2.75, 3.05) is 17.9 Å². The van der Waals surface area contributed by atoms with Gasteiger partial charge in [-0.3, -0.25) is 13.9 Å². The molecule has 0 fully saturated rings. The number of halogens is 2. The van der Waals surface area contributed by atoms with Gasteiger partial charge in [-0.15, -0.1) is 0 Å². The molecule has 0 heterocycles. The molecule has 3 rings (SSSR count). The van der Waals surface area contributed by atoms with E-state index in [0.717, 1.165) is 9.21 Å². The summed E-state index contributed by atoms with van der Waals surface area (Å²) >= 11 is 6.18. The van der Waals surface area contributed by atoms with E-state index in [9.17, 15) is 22.4 Å². The van der Waals surface area contributed by atoms with Gasteiger partial charge in [-0.1, -0.05) is 54.1 Å². The maximum Gasteiger partial charge on any atom is 0.264 e. The van der Waals surface area contributed by atoms with Gasteiger partial charge in [-0.25, -0.2) is 12.8 Å². The summed E-state index contributed by atoms with van der Waals surface area (Å²) in [5, 5.41) is 2.77. The Kier molecular flexibility index (Phi) is 8.70. The highest BCUT2D eigenvalue weighted by Gasteiger charge is 2.33. The summed E-state index contributed by atoms with van der Waals surface area (Å²) in [5.41, 5.74) is 0.989. The molecule has 0 aliphatic rings. The molecule has 0 bridgehead atoms. The third-order valence-corrected chi connectivity index (χ3v) is 7.77. The molecule has 7 nitrogen and oxygen atoms in total. The lowest BCUT2D eigenvalue weighted by Gasteiger charge is -2.32. The van der Waals surface area contributed by atoms with Gasteiger partial charge >= 0.3 is 0 Å². The zero-order valence-electron chi connectivity index (χ0n) is 20.1. The number of rotatable bonds is 9. The van der Waals surface area contributed by atoms with Gasteiger partial charge in [0, 0.05) is 24.2 Å². The quantitative estimate of drug-likeness (QED) is 0.449. The number of sulfonamides is 1. The van der Waals surface area contributed by atoms with Gasteiger partial charge in [-0.2, -0.15) is 0 Å². The molecule has 1 unspecified atom stereocenters. The van der Waals surface area contributed by atoms with E-state index in [0.29, 0.717) is 10.6 Å². The Balaban J connectivity index is 2.08. The molecule has 190 valence electrons. The molecular weight excluding hydrogens is 505 g/mol. The van der Waals surface area contributed by atoms with Gasteiger partial charge in [0.05, 0.1) is 10.6 Å². The third kappa shape index (κ3) is 6.03. The lowest BCUT2D eigenvalue weighted by molar-refractivity contribution is -0.139. The number of amides is 2. The molecule has 1 N–H and O–H groups in total. The average Bonchev–Trinajstić information content (AvgIpc) is 2.87. The Hall–Kier alpha value is -3.43. The number of benzene rings is 3. The van der Waals surface area contributed by atoms with Gasteiger partial charge in [0.2, 0.25) is 11.8 Å². The number of hydrogen-bond acceptors (Lipinski definition) is 4. The van der Waals surface area contributed by atoms with E-state index in [-0.39, 0.29) is 22.7 Å². The van der Waals surface area contributed by atoms with Crippen LogP contribution >= 0.6 is 11.6 Å². The van der Waals surface area contributed by atoms with Crippen LogP contribution in [0.4, 0.5) is 10.1 Å². The monoisotopic (exact) mass is 531 g/mol. The smallest absolute Gasteiger partial charge is 0.264 e. The van der Waals surface area contributed by atoms with Gasteiger partial charge in [0.1, 0.15) is 18.4 Å². The molecule has 10 heteroatoms. The molecule has 0 aromatic heterocycles. The highest BCUT2D eigenvalue weighted by Crippen LogP contribution is 2.30. The minimum atomic E-state index is -4.20. The first-order chi connectivity index (χ1) is 17.1. The molecule has 0 saturated heterocycles. The second-order valence-electron chi connectivity index (χ2n) is 8.16. The summed E-state index contributed by atoms with van der Waals surface area (Å²) in [6.45, 7) is 2.34. The van der Waals surface area contributed by atoms with Crippen LogP contribution in [0.3, 0.4) is 0 Å². The minimum absolute atomic E-state index is 0.0165. The van der Waals surface area contributed by atoms with Crippen LogP contribution in [-0.2, 0) is 26.2 Å². The van der Waals surface area contributed by atoms with Crippen LogP contribution < -0.4 is 9.62 Å². The predicted octanol–water partition coefficient (Wildman–Crippen LogP) is 4.15. The van der Waals surface area contributed by atoms with Crippen LogP contribution in [0.1, 0.15) is 18.1 Å². The van der Waals surface area contributed by atoms with Crippen molar-refractivity contribution in [1.82, 2.24) is 10.2 Å². The van der Waals surface area contributed by atoms with Gasteiger partial charge in [0.15, 0.2) is 0 Å². The Labute approximate surface area is 215 Å². The topological polar surface area (TPSA) is 86.8 Å². The minimum Gasteiger partial charge on any atom is -0.357 e. The zero-order chi connectivity index (χ0) is 26.5. The number of carbonyl (C=O) groups is 2. The largest absolute Gasteiger partial charge is 0.357 e. The fraction of sp³-hybridized carbons (Fsp3) is 0.231. The van der Waals surface area contributed by atoms with Crippen LogP contribution in [0.5, 0.6) is 0 Å². The number of nitrogens with one attached hydrogen (secondary N) is 1. The zero-order valence-corrected chi connectivity index (χ0v) is 21.7. The second-order valence-corrected chi connectivity index (χ2v) is 10.5. The molecule has 0 aliphatic carbocycles. The summed E-state index contributed by atoms with van der Waals surface area (Å²) < 4.78 is 42.8. The van der Waals surface area contributed by atoms with Crippen molar-refractivity contribution >= 4 is 39.1 Å². The Bertz CT molecular complexity index is 1350. The van der Waals surface area contributed by atoms with E-state index in [1.165, 1.54) is 50.4 Å². The molecule has 0 saturated carbocycles. The second kappa shape index (κ2) is 11.5. The van der Waals surface area contributed by atoms with Gasteiger partial charge < -0.3 is 10.2 Å².